The first-order valence-corrected chi connectivity index (χ1v) is 8.88. The predicted octanol–water partition coefficient (Wildman–Crippen LogP) is 2.70. The Morgan fingerprint density at radius 1 is 1.26 bits per heavy atom. The van der Waals surface area contributed by atoms with Gasteiger partial charge in [0.15, 0.2) is 6.61 Å². The lowest BCUT2D eigenvalue weighted by molar-refractivity contribution is -0.123. The number of para-hydroxylation sites is 2. The topological polar surface area (TPSA) is 96.1 Å². The molecular weight excluding hydrogens is 344 g/mol. The number of benzene rings is 2. The van der Waals surface area contributed by atoms with Crippen LogP contribution in [-0.2, 0) is 16.0 Å². The molecule has 3 aromatic rings. The molecule has 27 heavy (non-hydrogen) atoms. The molecule has 138 valence electrons. The van der Waals surface area contributed by atoms with Crippen LogP contribution in [0.15, 0.2) is 42.5 Å². The van der Waals surface area contributed by atoms with Crippen LogP contribution in [0.1, 0.15) is 30.8 Å². The van der Waals surface area contributed by atoms with Gasteiger partial charge in [0.05, 0.1) is 17.1 Å². The van der Waals surface area contributed by atoms with Gasteiger partial charge in [-0.1, -0.05) is 12.1 Å². The number of nitrogens with zero attached hydrogens (tertiary/aromatic N) is 1. The van der Waals surface area contributed by atoms with Crippen molar-refractivity contribution < 1.29 is 14.3 Å². The van der Waals surface area contributed by atoms with E-state index in [0.29, 0.717) is 24.4 Å². The molecule has 1 unspecified atom stereocenters. The molecule has 0 saturated carbocycles. The second kappa shape index (κ2) is 7.11. The van der Waals surface area contributed by atoms with E-state index in [2.05, 4.69) is 20.6 Å². The zero-order valence-electron chi connectivity index (χ0n) is 14.9. The number of hydrogen-bond acceptors (Lipinski definition) is 4. The van der Waals surface area contributed by atoms with E-state index in [4.69, 9.17) is 4.74 Å². The van der Waals surface area contributed by atoms with Gasteiger partial charge in [-0.05, 0) is 49.2 Å². The minimum atomic E-state index is -0.257. The number of rotatable bonds is 5. The van der Waals surface area contributed by atoms with Crippen molar-refractivity contribution in [2.75, 3.05) is 11.9 Å². The molecule has 2 aromatic carbocycles. The molecular formula is C20H20N4O3. The quantitative estimate of drug-likeness (QED) is 0.648. The lowest BCUT2D eigenvalue weighted by Crippen LogP contribution is -2.31. The van der Waals surface area contributed by atoms with Crippen LogP contribution in [0.2, 0.25) is 0 Å². The molecule has 1 aromatic heterocycles. The fraction of sp³-hybridized carbons (Fsp3) is 0.250. The molecule has 4 rings (SSSR count). The minimum absolute atomic E-state index is 0.0233. The van der Waals surface area contributed by atoms with E-state index < -0.39 is 0 Å². The lowest BCUT2D eigenvalue weighted by atomic mass is 10.0. The molecule has 0 fully saturated rings. The Labute approximate surface area is 156 Å². The van der Waals surface area contributed by atoms with Crippen molar-refractivity contribution in [2.45, 2.75) is 25.8 Å². The number of aromatic nitrogens is 2. The van der Waals surface area contributed by atoms with E-state index in [1.807, 2.05) is 37.3 Å². The highest BCUT2D eigenvalue weighted by Crippen LogP contribution is 2.26. The molecule has 1 aliphatic rings. The lowest BCUT2D eigenvalue weighted by Gasteiger charge is -2.18. The highest BCUT2D eigenvalue weighted by molar-refractivity contribution is 5.94. The number of imidazole rings is 1. The molecule has 0 radical (unpaired) electrons. The van der Waals surface area contributed by atoms with Gasteiger partial charge in [-0.15, -0.1) is 0 Å². The third-order valence-electron chi connectivity index (χ3n) is 4.54. The summed E-state index contributed by atoms with van der Waals surface area (Å²) >= 11 is 0. The van der Waals surface area contributed by atoms with E-state index >= 15 is 0 Å². The number of carbonyl (C=O) groups is 2. The number of H-pyrrole nitrogens is 1. The predicted molar refractivity (Wildman–Crippen MR) is 102 cm³/mol. The van der Waals surface area contributed by atoms with E-state index in [1.165, 1.54) is 0 Å². The maximum Gasteiger partial charge on any atom is 0.258 e. The fourth-order valence-corrected chi connectivity index (χ4v) is 3.13. The summed E-state index contributed by atoms with van der Waals surface area (Å²) in [4.78, 5) is 31.3. The number of nitrogens with one attached hydrogen (secondary N) is 3. The second-order valence-electron chi connectivity index (χ2n) is 6.58. The number of aromatic amines is 1. The standard InChI is InChI=1S/C20H20N4O3/c1-12(20-23-16-4-2-3-5-17(16)24-20)21-19(26)11-27-14-7-8-15-13(10-14)6-9-18(25)22-15/h2-5,7-8,10,12H,6,9,11H2,1H3,(H,21,26)(H,22,25)(H,23,24). The monoisotopic (exact) mass is 364 g/mol. The third-order valence-corrected chi connectivity index (χ3v) is 4.54. The Morgan fingerprint density at radius 2 is 2.11 bits per heavy atom. The number of fused-ring (bicyclic) bond motifs is 2. The number of carbonyl (C=O) groups excluding carboxylic acids is 2. The largest absolute Gasteiger partial charge is 0.484 e. The summed E-state index contributed by atoms with van der Waals surface area (Å²) in [5.41, 5.74) is 3.63. The molecule has 3 N–H and O–H groups in total. The van der Waals surface area contributed by atoms with Crippen LogP contribution in [0.3, 0.4) is 0 Å². The summed E-state index contributed by atoms with van der Waals surface area (Å²) < 4.78 is 5.60. The number of hydrogen-bond donors (Lipinski definition) is 3. The first kappa shape index (κ1) is 17.1. The van der Waals surface area contributed by atoms with Gasteiger partial charge in [0, 0.05) is 12.1 Å². The average Bonchev–Trinajstić information content (AvgIpc) is 3.11. The van der Waals surface area contributed by atoms with Crippen molar-refractivity contribution in [1.29, 1.82) is 0 Å². The van der Waals surface area contributed by atoms with Gasteiger partial charge in [-0.25, -0.2) is 4.98 Å². The molecule has 1 atom stereocenters. The van der Waals surface area contributed by atoms with Gasteiger partial charge in [0.1, 0.15) is 11.6 Å². The summed E-state index contributed by atoms with van der Waals surface area (Å²) in [5.74, 6) is 1.11. The average molecular weight is 364 g/mol. The maximum atomic E-state index is 12.2. The van der Waals surface area contributed by atoms with Crippen LogP contribution in [0, 0.1) is 0 Å². The fourth-order valence-electron chi connectivity index (χ4n) is 3.13. The number of aryl methyl sites for hydroxylation is 1. The van der Waals surface area contributed by atoms with Crippen LogP contribution >= 0.6 is 0 Å². The smallest absolute Gasteiger partial charge is 0.258 e. The summed E-state index contributed by atoms with van der Waals surface area (Å²) in [6.45, 7) is 1.78. The molecule has 7 nitrogen and oxygen atoms in total. The zero-order chi connectivity index (χ0) is 18.8. The maximum absolute atomic E-state index is 12.2. The Bertz CT molecular complexity index is 978. The summed E-state index contributed by atoms with van der Waals surface area (Å²) in [6, 6.07) is 12.9. The molecule has 2 heterocycles. The number of amides is 2. The van der Waals surface area contributed by atoms with Crippen LogP contribution in [0.5, 0.6) is 5.75 Å². The molecule has 0 spiro atoms. The van der Waals surface area contributed by atoms with Crippen LogP contribution < -0.4 is 15.4 Å². The van der Waals surface area contributed by atoms with Crippen molar-refractivity contribution in [2.24, 2.45) is 0 Å². The highest BCUT2D eigenvalue weighted by Gasteiger charge is 2.16. The van der Waals surface area contributed by atoms with Crippen LogP contribution in [0.4, 0.5) is 5.69 Å². The first-order chi connectivity index (χ1) is 13.1. The van der Waals surface area contributed by atoms with Crippen molar-refractivity contribution in [3.63, 3.8) is 0 Å². The second-order valence-corrected chi connectivity index (χ2v) is 6.58. The van der Waals surface area contributed by atoms with E-state index in [9.17, 15) is 9.59 Å². The van der Waals surface area contributed by atoms with Crippen LogP contribution in [-0.4, -0.2) is 28.4 Å². The molecule has 2 amide bonds. The van der Waals surface area contributed by atoms with Crippen molar-refractivity contribution in [1.82, 2.24) is 15.3 Å². The van der Waals surface area contributed by atoms with Crippen molar-refractivity contribution in [3.05, 3.63) is 53.9 Å². The third kappa shape index (κ3) is 3.76. The summed E-state index contributed by atoms with van der Waals surface area (Å²) in [7, 11) is 0. The normalized spacial score (nSPS) is 14.3. The Hall–Kier alpha value is -3.35. The van der Waals surface area contributed by atoms with E-state index in [1.54, 1.807) is 12.1 Å². The first-order valence-electron chi connectivity index (χ1n) is 8.88. The Morgan fingerprint density at radius 3 is 2.96 bits per heavy atom. The minimum Gasteiger partial charge on any atom is -0.484 e. The van der Waals surface area contributed by atoms with Gasteiger partial charge in [-0.2, -0.15) is 0 Å². The van der Waals surface area contributed by atoms with Gasteiger partial charge >= 0.3 is 0 Å². The summed E-state index contributed by atoms with van der Waals surface area (Å²) in [6.07, 6.45) is 1.14. The molecule has 1 aliphatic heterocycles. The van der Waals surface area contributed by atoms with E-state index in [0.717, 1.165) is 22.3 Å². The molecule has 0 aliphatic carbocycles. The molecule has 0 saturated heterocycles. The SMILES string of the molecule is CC(NC(=O)COc1ccc2c(c1)CCC(=O)N2)c1nc2ccccc2[nH]1. The van der Waals surface area contributed by atoms with E-state index in [-0.39, 0.29) is 24.5 Å². The van der Waals surface area contributed by atoms with Gasteiger partial charge < -0.3 is 20.4 Å². The van der Waals surface area contributed by atoms with Crippen LogP contribution in [0.25, 0.3) is 11.0 Å². The Balaban J connectivity index is 1.34. The van der Waals surface area contributed by atoms with Gasteiger partial charge in [-0.3, -0.25) is 9.59 Å². The summed E-state index contributed by atoms with van der Waals surface area (Å²) in [5, 5.41) is 5.70. The Kier molecular flexibility index (Phi) is 4.50. The highest BCUT2D eigenvalue weighted by atomic mass is 16.5. The van der Waals surface area contributed by atoms with Gasteiger partial charge in [0.25, 0.3) is 5.91 Å². The van der Waals surface area contributed by atoms with Gasteiger partial charge in [0.2, 0.25) is 5.91 Å². The molecule has 0 bridgehead atoms. The number of ether oxygens (including phenoxy) is 1. The van der Waals surface area contributed by atoms with Crippen molar-refractivity contribution in [3.8, 4) is 5.75 Å². The number of anilines is 1. The zero-order valence-corrected chi connectivity index (χ0v) is 14.9. The molecule has 7 heteroatoms. The van der Waals surface area contributed by atoms with Crippen molar-refractivity contribution >= 4 is 28.5 Å².